The largest absolute Gasteiger partial charge is 0.361 e. The number of aryl methyl sites for hydroxylation is 1. The molecule has 134 valence electrons. The lowest BCUT2D eigenvalue weighted by molar-refractivity contribution is 0.0286. The quantitative estimate of drug-likeness (QED) is 0.841. The van der Waals surface area contributed by atoms with Crippen molar-refractivity contribution in [2.24, 2.45) is 5.41 Å². The topological polar surface area (TPSA) is 49.6 Å². The van der Waals surface area contributed by atoms with Gasteiger partial charge in [0.1, 0.15) is 11.3 Å². The number of likely N-dealkylation sites (tertiary alicyclic amines) is 2. The molecule has 0 radical (unpaired) electrons. The van der Waals surface area contributed by atoms with Crippen LogP contribution in [0, 0.1) is 12.3 Å². The summed E-state index contributed by atoms with van der Waals surface area (Å²) in [4.78, 5) is 18.6. The number of hydrogen-bond acceptors (Lipinski definition) is 5. The predicted molar refractivity (Wildman–Crippen MR) is 97.6 cm³/mol. The van der Waals surface area contributed by atoms with E-state index < -0.39 is 0 Å². The molecule has 2 fully saturated rings. The second-order valence-electron chi connectivity index (χ2n) is 7.44. The summed E-state index contributed by atoms with van der Waals surface area (Å²) < 4.78 is 5.04. The highest BCUT2D eigenvalue weighted by molar-refractivity contribution is 7.09. The van der Waals surface area contributed by atoms with Crippen molar-refractivity contribution in [3.05, 3.63) is 39.9 Å². The third kappa shape index (κ3) is 3.51. The van der Waals surface area contributed by atoms with Crippen molar-refractivity contribution in [2.45, 2.75) is 39.2 Å². The fourth-order valence-electron chi connectivity index (χ4n) is 4.17. The molecule has 0 aliphatic carbocycles. The number of carbonyl (C=O) groups excluding carboxylic acids is 1. The third-order valence-electron chi connectivity index (χ3n) is 5.97. The van der Waals surface area contributed by atoms with Crippen molar-refractivity contribution in [2.75, 3.05) is 26.2 Å². The zero-order chi connectivity index (χ0) is 17.3. The van der Waals surface area contributed by atoms with E-state index in [1.165, 1.54) is 30.8 Å². The lowest BCUT2D eigenvalue weighted by atomic mass is 9.71. The van der Waals surface area contributed by atoms with Crippen LogP contribution in [0.4, 0.5) is 0 Å². The number of rotatable bonds is 3. The highest BCUT2D eigenvalue weighted by Gasteiger charge is 2.39. The van der Waals surface area contributed by atoms with E-state index in [9.17, 15) is 4.79 Å². The minimum absolute atomic E-state index is 0.0729. The van der Waals surface area contributed by atoms with E-state index >= 15 is 0 Å². The summed E-state index contributed by atoms with van der Waals surface area (Å²) >= 11 is 1.85. The molecular weight excluding hydrogens is 334 g/mol. The first-order valence-corrected chi connectivity index (χ1v) is 9.99. The van der Waals surface area contributed by atoms with Gasteiger partial charge in [0.15, 0.2) is 0 Å². The van der Waals surface area contributed by atoms with Gasteiger partial charge in [0.05, 0.1) is 6.20 Å². The van der Waals surface area contributed by atoms with E-state index in [0.717, 1.165) is 32.5 Å². The number of thiophene rings is 1. The summed E-state index contributed by atoms with van der Waals surface area (Å²) in [5.74, 6) is 0.691. The average Bonchev–Trinajstić information content (AvgIpc) is 3.29. The molecule has 0 bridgehead atoms. The standard InChI is InChI=1S/C19H25N3O2S/c1-15-17(13-20-24-15)18(23)22-10-6-19(7-11-22)4-8-21(9-5-19)14-16-3-2-12-25-16/h2-3,12-13H,4-11,14H2,1H3. The van der Waals surface area contributed by atoms with Crippen LogP contribution in [0.5, 0.6) is 0 Å². The molecule has 2 aliphatic rings. The Balaban J connectivity index is 1.30. The van der Waals surface area contributed by atoms with E-state index in [2.05, 4.69) is 27.6 Å². The third-order valence-corrected chi connectivity index (χ3v) is 6.83. The lowest BCUT2D eigenvalue weighted by Crippen LogP contribution is -2.48. The average molecular weight is 359 g/mol. The number of piperidine rings is 2. The van der Waals surface area contributed by atoms with Gasteiger partial charge in [-0.2, -0.15) is 0 Å². The fraction of sp³-hybridized carbons (Fsp3) is 0.579. The van der Waals surface area contributed by atoms with Gasteiger partial charge in [-0.1, -0.05) is 11.2 Å². The zero-order valence-electron chi connectivity index (χ0n) is 14.7. The highest BCUT2D eigenvalue weighted by Crippen LogP contribution is 2.41. The molecule has 1 amide bonds. The molecule has 25 heavy (non-hydrogen) atoms. The summed E-state index contributed by atoms with van der Waals surface area (Å²) in [6.07, 6.45) is 6.30. The Bertz CT molecular complexity index is 707. The summed E-state index contributed by atoms with van der Waals surface area (Å²) in [5, 5.41) is 5.89. The van der Waals surface area contributed by atoms with Crippen molar-refractivity contribution in [3.8, 4) is 0 Å². The molecule has 2 aromatic rings. The minimum Gasteiger partial charge on any atom is -0.361 e. The maximum atomic E-state index is 12.6. The normalized spacial score (nSPS) is 20.9. The molecular formula is C19H25N3O2S. The van der Waals surface area contributed by atoms with E-state index in [1.54, 1.807) is 13.1 Å². The molecule has 2 aromatic heterocycles. The van der Waals surface area contributed by atoms with E-state index in [-0.39, 0.29) is 5.91 Å². The first-order valence-electron chi connectivity index (χ1n) is 9.11. The van der Waals surface area contributed by atoms with Crippen LogP contribution in [0.15, 0.2) is 28.2 Å². The molecule has 2 aliphatic heterocycles. The second-order valence-corrected chi connectivity index (χ2v) is 8.48. The molecule has 0 aromatic carbocycles. The fourth-order valence-corrected chi connectivity index (χ4v) is 4.91. The van der Waals surface area contributed by atoms with Crippen LogP contribution in [0.25, 0.3) is 0 Å². The monoisotopic (exact) mass is 359 g/mol. The summed E-state index contributed by atoms with van der Waals surface area (Å²) in [7, 11) is 0. The van der Waals surface area contributed by atoms with Crippen molar-refractivity contribution in [1.82, 2.24) is 15.0 Å². The van der Waals surface area contributed by atoms with E-state index in [1.807, 2.05) is 16.2 Å². The van der Waals surface area contributed by atoms with Gasteiger partial charge in [0.25, 0.3) is 5.91 Å². The van der Waals surface area contributed by atoms with Crippen molar-refractivity contribution in [3.63, 3.8) is 0 Å². The predicted octanol–water partition coefficient (Wildman–Crippen LogP) is 3.56. The van der Waals surface area contributed by atoms with Gasteiger partial charge in [0, 0.05) is 24.5 Å². The van der Waals surface area contributed by atoms with Gasteiger partial charge in [-0.15, -0.1) is 11.3 Å². The second kappa shape index (κ2) is 6.92. The van der Waals surface area contributed by atoms with Crippen molar-refractivity contribution >= 4 is 17.2 Å². The molecule has 2 saturated heterocycles. The molecule has 6 heteroatoms. The molecule has 4 heterocycles. The summed E-state index contributed by atoms with van der Waals surface area (Å²) in [6, 6.07) is 4.36. The Morgan fingerprint density at radius 3 is 2.56 bits per heavy atom. The van der Waals surface area contributed by atoms with Gasteiger partial charge < -0.3 is 9.42 Å². The highest BCUT2D eigenvalue weighted by atomic mass is 32.1. The maximum absolute atomic E-state index is 12.6. The number of nitrogens with zero attached hydrogens (tertiary/aromatic N) is 3. The van der Waals surface area contributed by atoms with Crippen LogP contribution in [-0.2, 0) is 6.54 Å². The Kier molecular flexibility index (Phi) is 4.65. The van der Waals surface area contributed by atoms with Crippen molar-refractivity contribution < 1.29 is 9.32 Å². The van der Waals surface area contributed by atoms with Gasteiger partial charge in [0.2, 0.25) is 0 Å². The number of amides is 1. The molecule has 0 saturated carbocycles. The lowest BCUT2D eigenvalue weighted by Gasteiger charge is -2.46. The zero-order valence-corrected chi connectivity index (χ0v) is 15.6. The van der Waals surface area contributed by atoms with Crippen LogP contribution in [0.3, 0.4) is 0 Å². The van der Waals surface area contributed by atoms with Gasteiger partial charge in [-0.05, 0) is 62.6 Å². The van der Waals surface area contributed by atoms with Gasteiger partial charge in [-0.3, -0.25) is 9.69 Å². The summed E-state index contributed by atoms with van der Waals surface area (Å²) in [6.45, 7) is 6.95. The molecule has 0 unspecified atom stereocenters. The number of aromatic nitrogens is 1. The van der Waals surface area contributed by atoms with Crippen molar-refractivity contribution in [1.29, 1.82) is 0 Å². The van der Waals surface area contributed by atoms with Crippen LogP contribution >= 0.6 is 11.3 Å². The molecule has 0 atom stereocenters. The molecule has 1 spiro atoms. The summed E-state index contributed by atoms with van der Waals surface area (Å²) in [5.41, 5.74) is 1.05. The first kappa shape index (κ1) is 16.8. The first-order chi connectivity index (χ1) is 12.2. The SMILES string of the molecule is Cc1oncc1C(=O)N1CCC2(CCN(Cc3cccs3)CC2)CC1. The molecule has 5 nitrogen and oxygen atoms in total. The van der Waals surface area contributed by atoms with Crippen LogP contribution in [0.2, 0.25) is 0 Å². The van der Waals surface area contributed by atoms with E-state index in [4.69, 9.17) is 4.52 Å². The Morgan fingerprint density at radius 2 is 1.96 bits per heavy atom. The Hall–Kier alpha value is -1.66. The minimum atomic E-state index is 0.0729. The Morgan fingerprint density at radius 1 is 1.24 bits per heavy atom. The van der Waals surface area contributed by atoms with Crippen LogP contribution < -0.4 is 0 Å². The molecule has 0 N–H and O–H groups in total. The molecule has 4 rings (SSSR count). The number of hydrogen-bond donors (Lipinski definition) is 0. The van der Waals surface area contributed by atoms with E-state index in [0.29, 0.717) is 16.7 Å². The van der Waals surface area contributed by atoms with Crippen LogP contribution in [-0.4, -0.2) is 47.0 Å². The maximum Gasteiger partial charge on any atom is 0.259 e. The van der Waals surface area contributed by atoms with Crippen LogP contribution in [0.1, 0.15) is 46.7 Å². The number of carbonyl (C=O) groups is 1. The van der Waals surface area contributed by atoms with Gasteiger partial charge >= 0.3 is 0 Å². The van der Waals surface area contributed by atoms with Gasteiger partial charge in [-0.25, -0.2) is 0 Å². The Labute approximate surface area is 152 Å². The smallest absolute Gasteiger partial charge is 0.259 e.